The number of amides is 1. The summed E-state index contributed by atoms with van der Waals surface area (Å²) < 4.78 is 31.9. The van der Waals surface area contributed by atoms with E-state index >= 15 is 0 Å². The Kier molecular flexibility index (Phi) is 6.56. The second-order valence-corrected chi connectivity index (χ2v) is 9.69. The van der Waals surface area contributed by atoms with Gasteiger partial charge in [-0.05, 0) is 68.7 Å². The molecule has 0 saturated carbocycles. The van der Waals surface area contributed by atoms with Gasteiger partial charge >= 0.3 is 6.01 Å². The minimum Gasteiger partial charge on any atom is -0.407 e. The molecule has 3 rings (SSSR count). The van der Waals surface area contributed by atoms with Gasteiger partial charge in [0, 0.05) is 18.7 Å². The van der Waals surface area contributed by atoms with Gasteiger partial charge in [0.25, 0.3) is 5.91 Å². The van der Waals surface area contributed by atoms with Crippen LogP contribution in [0.15, 0.2) is 51.8 Å². The minimum absolute atomic E-state index is 0.0138. The lowest BCUT2D eigenvalue weighted by molar-refractivity contribution is 0.102. The maximum Gasteiger partial charge on any atom is 0.322 e. The Morgan fingerprint density at radius 2 is 1.74 bits per heavy atom. The molecule has 0 aliphatic rings. The van der Waals surface area contributed by atoms with E-state index in [2.05, 4.69) is 21.6 Å². The van der Waals surface area contributed by atoms with Crippen LogP contribution < -0.4 is 5.32 Å². The van der Waals surface area contributed by atoms with Crippen molar-refractivity contribution >= 4 is 21.9 Å². The SMILES string of the molecule is Cc1ccc(Cc2nnc(NC(=O)c3ccc(S(=O)(=O)N(C)C(C)C)cc3)o2)cc1C. The van der Waals surface area contributed by atoms with E-state index in [0.717, 1.165) is 5.56 Å². The van der Waals surface area contributed by atoms with Crippen LogP contribution in [-0.2, 0) is 16.4 Å². The van der Waals surface area contributed by atoms with Crippen molar-refractivity contribution in [3.63, 3.8) is 0 Å². The molecular weight excluding hydrogens is 416 g/mol. The van der Waals surface area contributed by atoms with Crippen LogP contribution in [0.25, 0.3) is 0 Å². The van der Waals surface area contributed by atoms with E-state index in [1.165, 1.54) is 46.7 Å². The predicted molar refractivity (Wildman–Crippen MR) is 118 cm³/mol. The highest BCUT2D eigenvalue weighted by Gasteiger charge is 2.23. The number of hydrogen-bond donors (Lipinski definition) is 1. The molecule has 0 saturated heterocycles. The fourth-order valence-corrected chi connectivity index (χ4v) is 4.22. The number of hydrogen-bond acceptors (Lipinski definition) is 6. The van der Waals surface area contributed by atoms with E-state index in [0.29, 0.717) is 12.3 Å². The third-order valence-electron chi connectivity index (χ3n) is 5.13. The molecule has 9 heteroatoms. The minimum atomic E-state index is -3.61. The van der Waals surface area contributed by atoms with E-state index < -0.39 is 15.9 Å². The van der Waals surface area contributed by atoms with Crippen molar-refractivity contribution in [3.05, 3.63) is 70.6 Å². The van der Waals surface area contributed by atoms with Gasteiger partial charge in [0.05, 0.1) is 11.3 Å². The van der Waals surface area contributed by atoms with Gasteiger partial charge in [-0.2, -0.15) is 4.31 Å². The fourth-order valence-electron chi connectivity index (χ4n) is 2.86. The molecule has 0 aliphatic carbocycles. The Balaban J connectivity index is 1.67. The summed E-state index contributed by atoms with van der Waals surface area (Å²) in [5, 5.41) is 10.4. The van der Waals surface area contributed by atoms with Gasteiger partial charge in [-0.25, -0.2) is 8.42 Å². The van der Waals surface area contributed by atoms with Crippen molar-refractivity contribution in [1.82, 2.24) is 14.5 Å². The molecule has 0 bridgehead atoms. The Bertz CT molecular complexity index is 1180. The van der Waals surface area contributed by atoms with Crippen molar-refractivity contribution in [1.29, 1.82) is 0 Å². The third-order valence-corrected chi connectivity index (χ3v) is 7.18. The predicted octanol–water partition coefficient (Wildman–Crippen LogP) is 3.56. The van der Waals surface area contributed by atoms with Crippen LogP contribution in [-0.4, -0.2) is 41.9 Å². The first kappa shape index (κ1) is 22.6. The zero-order valence-corrected chi connectivity index (χ0v) is 19.0. The summed E-state index contributed by atoms with van der Waals surface area (Å²) in [5.41, 5.74) is 3.69. The molecule has 164 valence electrons. The number of aryl methyl sites for hydroxylation is 2. The molecule has 1 aromatic heterocycles. The maximum absolute atomic E-state index is 12.5. The van der Waals surface area contributed by atoms with Crippen molar-refractivity contribution in [3.8, 4) is 0 Å². The number of nitrogens with zero attached hydrogens (tertiary/aromatic N) is 3. The normalized spacial score (nSPS) is 11.8. The monoisotopic (exact) mass is 442 g/mol. The number of carbonyl (C=O) groups excluding carboxylic acids is 1. The summed E-state index contributed by atoms with van der Waals surface area (Å²) in [6, 6.07) is 11.6. The molecule has 0 aliphatic heterocycles. The highest BCUT2D eigenvalue weighted by molar-refractivity contribution is 7.89. The zero-order chi connectivity index (χ0) is 22.8. The van der Waals surface area contributed by atoms with Gasteiger partial charge in [-0.1, -0.05) is 23.3 Å². The first-order chi connectivity index (χ1) is 14.6. The first-order valence-electron chi connectivity index (χ1n) is 9.86. The second kappa shape index (κ2) is 8.99. The number of benzene rings is 2. The van der Waals surface area contributed by atoms with Gasteiger partial charge in [-0.3, -0.25) is 10.1 Å². The molecule has 3 aromatic rings. The van der Waals surface area contributed by atoms with E-state index in [1.807, 2.05) is 26.0 Å². The van der Waals surface area contributed by atoms with Crippen LogP contribution in [0.5, 0.6) is 0 Å². The number of carbonyl (C=O) groups is 1. The van der Waals surface area contributed by atoms with Crippen LogP contribution >= 0.6 is 0 Å². The van der Waals surface area contributed by atoms with Crippen molar-refractivity contribution < 1.29 is 17.6 Å². The van der Waals surface area contributed by atoms with Gasteiger partial charge in [0.1, 0.15) is 0 Å². The first-order valence-corrected chi connectivity index (χ1v) is 11.3. The van der Waals surface area contributed by atoms with Crippen LogP contribution in [0.4, 0.5) is 6.01 Å². The molecule has 8 nitrogen and oxygen atoms in total. The molecule has 0 atom stereocenters. The molecule has 2 aromatic carbocycles. The lowest BCUT2D eigenvalue weighted by Crippen LogP contribution is -2.33. The van der Waals surface area contributed by atoms with Gasteiger partial charge in [0.2, 0.25) is 15.9 Å². The van der Waals surface area contributed by atoms with Gasteiger partial charge in [-0.15, -0.1) is 5.10 Å². The largest absolute Gasteiger partial charge is 0.407 e. The maximum atomic E-state index is 12.5. The van der Waals surface area contributed by atoms with Gasteiger partial charge < -0.3 is 4.42 Å². The van der Waals surface area contributed by atoms with E-state index in [-0.39, 0.29) is 22.5 Å². The number of anilines is 1. The van der Waals surface area contributed by atoms with Crippen LogP contribution in [0.2, 0.25) is 0 Å². The second-order valence-electron chi connectivity index (χ2n) is 7.69. The van der Waals surface area contributed by atoms with E-state index in [4.69, 9.17) is 4.42 Å². The average molecular weight is 443 g/mol. The van der Waals surface area contributed by atoms with Gasteiger partial charge in [0.15, 0.2) is 0 Å². The smallest absolute Gasteiger partial charge is 0.322 e. The highest BCUT2D eigenvalue weighted by atomic mass is 32.2. The average Bonchev–Trinajstić information content (AvgIpc) is 3.16. The zero-order valence-electron chi connectivity index (χ0n) is 18.2. The Hall–Kier alpha value is -3.04. The quantitative estimate of drug-likeness (QED) is 0.600. The lowest BCUT2D eigenvalue weighted by atomic mass is 10.0. The number of rotatable bonds is 7. The highest BCUT2D eigenvalue weighted by Crippen LogP contribution is 2.19. The van der Waals surface area contributed by atoms with E-state index in [1.54, 1.807) is 13.8 Å². The summed E-state index contributed by atoms with van der Waals surface area (Å²) in [7, 11) is -2.09. The number of sulfonamides is 1. The Morgan fingerprint density at radius 1 is 1.06 bits per heavy atom. The Morgan fingerprint density at radius 3 is 2.35 bits per heavy atom. The third kappa shape index (κ3) is 5.18. The molecule has 0 radical (unpaired) electrons. The molecule has 0 fully saturated rings. The molecule has 31 heavy (non-hydrogen) atoms. The van der Waals surface area contributed by atoms with Crippen LogP contribution in [0, 0.1) is 13.8 Å². The lowest BCUT2D eigenvalue weighted by Gasteiger charge is -2.20. The number of aromatic nitrogens is 2. The summed E-state index contributed by atoms with van der Waals surface area (Å²) in [6.45, 7) is 7.66. The number of nitrogens with one attached hydrogen (secondary N) is 1. The molecule has 1 amide bonds. The molecule has 1 N–H and O–H groups in total. The molecule has 1 heterocycles. The molecule has 0 spiro atoms. The summed E-state index contributed by atoms with van der Waals surface area (Å²) in [6.07, 6.45) is 0.458. The van der Waals surface area contributed by atoms with Crippen LogP contribution in [0.1, 0.15) is 46.8 Å². The topological polar surface area (TPSA) is 105 Å². The van der Waals surface area contributed by atoms with Crippen molar-refractivity contribution in [2.24, 2.45) is 0 Å². The fraction of sp³-hybridized carbons (Fsp3) is 0.318. The van der Waals surface area contributed by atoms with Crippen molar-refractivity contribution in [2.45, 2.75) is 45.1 Å². The van der Waals surface area contributed by atoms with Crippen molar-refractivity contribution in [2.75, 3.05) is 12.4 Å². The molecular formula is C22H26N4O4S. The van der Waals surface area contributed by atoms with E-state index in [9.17, 15) is 13.2 Å². The Labute approximate surface area is 182 Å². The summed E-state index contributed by atoms with van der Waals surface area (Å²) in [4.78, 5) is 12.6. The van der Waals surface area contributed by atoms with Crippen LogP contribution in [0.3, 0.4) is 0 Å². The summed E-state index contributed by atoms with van der Waals surface area (Å²) >= 11 is 0. The summed E-state index contributed by atoms with van der Waals surface area (Å²) in [5.74, 6) is -0.0840. The standard InChI is InChI=1S/C22H26N4O4S/c1-14(2)26(5)31(28,29)19-10-8-18(9-11-19)21(27)23-22-25-24-20(30-22)13-17-7-6-15(3)16(4)12-17/h6-12,14H,13H2,1-5H3,(H,23,25,27). The molecule has 0 unspecified atom stereocenters.